The molecule has 0 aliphatic heterocycles. The number of ether oxygens (including phenoxy) is 2. The summed E-state index contributed by atoms with van der Waals surface area (Å²) in [6.45, 7) is 6.25. The molecule has 4 N–H and O–H groups in total. The molecule has 0 unspecified atom stereocenters. The van der Waals surface area contributed by atoms with Crippen LogP contribution in [0.5, 0.6) is 23.0 Å². The highest BCUT2D eigenvalue weighted by molar-refractivity contribution is 6.05. The smallest absolute Gasteiger partial charge is 0.336 e. The summed E-state index contributed by atoms with van der Waals surface area (Å²) in [5.41, 5.74) is 1.39. The van der Waals surface area contributed by atoms with E-state index in [4.69, 9.17) is 9.47 Å². The lowest BCUT2D eigenvalue weighted by molar-refractivity contribution is 0.0682. The summed E-state index contributed by atoms with van der Waals surface area (Å²) in [5.74, 6) is -1.74. The van der Waals surface area contributed by atoms with Crippen molar-refractivity contribution in [3.63, 3.8) is 0 Å². The molecule has 0 aromatic heterocycles. The summed E-state index contributed by atoms with van der Waals surface area (Å²) in [4.78, 5) is 47.6. The van der Waals surface area contributed by atoms with Crippen molar-refractivity contribution < 1.29 is 38.9 Å². The van der Waals surface area contributed by atoms with Crippen molar-refractivity contribution in [1.82, 2.24) is 10.6 Å². The zero-order valence-electron chi connectivity index (χ0n) is 24.6. The first-order valence-electron chi connectivity index (χ1n) is 13.8. The van der Waals surface area contributed by atoms with Gasteiger partial charge in [0, 0.05) is 19.0 Å². The van der Waals surface area contributed by atoms with Gasteiger partial charge in [0.05, 0.1) is 22.3 Å². The largest absolute Gasteiger partial charge is 0.478 e. The lowest BCUT2D eigenvalue weighted by Gasteiger charge is -2.26. The predicted octanol–water partition coefficient (Wildman–Crippen LogP) is 6.10. The van der Waals surface area contributed by atoms with Crippen LogP contribution in [0.4, 0.5) is 0 Å². The Hall–Kier alpha value is -5.64. The minimum Gasteiger partial charge on any atom is -0.478 e. The zero-order chi connectivity index (χ0) is 32.0. The molecule has 0 saturated carbocycles. The second-order valence-corrected chi connectivity index (χ2v) is 10.3. The molecular weight excluding hydrogens is 564 g/mol. The Morgan fingerprint density at radius 1 is 0.614 bits per heavy atom. The molecule has 0 aliphatic carbocycles. The quantitative estimate of drug-likeness (QED) is 0.162. The molecule has 0 saturated heterocycles. The van der Waals surface area contributed by atoms with Crippen molar-refractivity contribution in [2.45, 2.75) is 26.2 Å². The predicted molar refractivity (Wildman–Crippen MR) is 163 cm³/mol. The minimum absolute atomic E-state index is 0.00221. The first-order valence-corrected chi connectivity index (χ1v) is 13.8. The SMILES string of the molecule is CCNC(=O)c1cc(Oc2ccc(C(C)(C)c3ccc(Oc4ccc(C(=O)O)c(C(=O)NC)c4)cc3)cc2)ccc1C(=O)O. The van der Waals surface area contributed by atoms with Gasteiger partial charge < -0.3 is 30.3 Å². The Labute approximate surface area is 254 Å². The highest BCUT2D eigenvalue weighted by Crippen LogP contribution is 2.35. The van der Waals surface area contributed by atoms with Crippen molar-refractivity contribution in [3.05, 3.63) is 118 Å². The summed E-state index contributed by atoms with van der Waals surface area (Å²) in [5, 5.41) is 23.9. The van der Waals surface area contributed by atoms with Gasteiger partial charge in [-0.05, 0) is 78.7 Å². The van der Waals surface area contributed by atoms with Crippen LogP contribution < -0.4 is 20.1 Å². The van der Waals surface area contributed by atoms with Crippen LogP contribution in [0.2, 0.25) is 0 Å². The number of rotatable bonds is 11. The number of nitrogens with one attached hydrogen (secondary N) is 2. The molecule has 226 valence electrons. The van der Waals surface area contributed by atoms with Gasteiger partial charge >= 0.3 is 11.9 Å². The molecule has 4 rings (SSSR count). The second-order valence-electron chi connectivity index (χ2n) is 10.3. The summed E-state index contributed by atoms with van der Waals surface area (Å²) < 4.78 is 11.8. The number of benzene rings is 4. The summed E-state index contributed by atoms with van der Waals surface area (Å²) in [6, 6.07) is 23.4. The van der Waals surface area contributed by atoms with Crippen molar-refractivity contribution in [2.75, 3.05) is 13.6 Å². The van der Waals surface area contributed by atoms with Gasteiger partial charge in [0.1, 0.15) is 23.0 Å². The first-order chi connectivity index (χ1) is 20.9. The number of aromatic carboxylic acids is 2. The number of carboxylic acids is 2. The van der Waals surface area contributed by atoms with Gasteiger partial charge in [-0.3, -0.25) is 9.59 Å². The van der Waals surface area contributed by atoms with Gasteiger partial charge in [-0.25, -0.2) is 9.59 Å². The van der Waals surface area contributed by atoms with E-state index in [0.717, 1.165) is 11.1 Å². The van der Waals surface area contributed by atoms with Crippen LogP contribution >= 0.6 is 0 Å². The molecule has 0 spiro atoms. The number of carboxylic acid groups (broad SMARTS) is 2. The van der Waals surface area contributed by atoms with Gasteiger partial charge in [-0.2, -0.15) is 0 Å². The monoisotopic (exact) mass is 596 g/mol. The number of hydrogen-bond donors (Lipinski definition) is 4. The Morgan fingerprint density at radius 2 is 1.00 bits per heavy atom. The lowest BCUT2D eigenvalue weighted by Crippen LogP contribution is -2.24. The molecular formula is C34H32N2O8. The average Bonchev–Trinajstić information content (AvgIpc) is 3.01. The van der Waals surface area contributed by atoms with E-state index in [-0.39, 0.29) is 22.3 Å². The third kappa shape index (κ3) is 6.87. The topological polar surface area (TPSA) is 151 Å². The maximum Gasteiger partial charge on any atom is 0.336 e. The molecule has 0 bridgehead atoms. The highest BCUT2D eigenvalue weighted by Gasteiger charge is 2.24. The lowest BCUT2D eigenvalue weighted by atomic mass is 9.78. The van der Waals surface area contributed by atoms with E-state index in [2.05, 4.69) is 24.5 Å². The van der Waals surface area contributed by atoms with Crippen molar-refractivity contribution in [2.24, 2.45) is 0 Å². The molecule has 0 radical (unpaired) electrons. The van der Waals surface area contributed by atoms with Crippen LogP contribution in [0, 0.1) is 0 Å². The van der Waals surface area contributed by atoms with Crippen LogP contribution in [0.15, 0.2) is 84.9 Å². The molecule has 10 heteroatoms. The number of carbonyl (C=O) groups is 4. The van der Waals surface area contributed by atoms with Crippen LogP contribution in [0.3, 0.4) is 0 Å². The Balaban J connectivity index is 1.49. The van der Waals surface area contributed by atoms with Crippen molar-refractivity contribution in [3.8, 4) is 23.0 Å². The Bertz CT molecular complexity index is 1710. The fourth-order valence-electron chi connectivity index (χ4n) is 4.63. The molecule has 2 amide bonds. The average molecular weight is 597 g/mol. The summed E-state index contributed by atoms with van der Waals surface area (Å²) in [6.07, 6.45) is 0. The van der Waals surface area contributed by atoms with Crippen LogP contribution in [0.25, 0.3) is 0 Å². The van der Waals surface area contributed by atoms with Crippen LogP contribution in [-0.4, -0.2) is 47.6 Å². The third-order valence-corrected chi connectivity index (χ3v) is 7.12. The zero-order valence-corrected chi connectivity index (χ0v) is 24.6. The Morgan fingerprint density at radius 3 is 1.36 bits per heavy atom. The number of carbonyl (C=O) groups excluding carboxylic acids is 2. The van der Waals surface area contributed by atoms with E-state index in [1.54, 1.807) is 31.2 Å². The fraction of sp³-hybridized carbons (Fsp3) is 0.176. The van der Waals surface area contributed by atoms with Crippen LogP contribution in [0.1, 0.15) is 73.3 Å². The van der Waals surface area contributed by atoms with E-state index < -0.39 is 29.2 Å². The maximum absolute atomic E-state index is 12.4. The first kappa shape index (κ1) is 31.3. The van der Waals surface area contributed by atoms with Gasteiger partial charge in [-0.15, -0.1) is 0 Å². The Kier molecular flexibility index (Phi) is 9.33. The van der Waals surface area contributed by atoms with Crippen LogP contribution in [-0.2, 0) is 5.41 Å². The normalized spacial score (nSPS) is 10.9. The van der Waals surface area contributed by atoms with Gasteiger partial charge in [-0.1, -0.05) is 38.1 Å². The summed E-state index contributed by atoms with van der Waals surface area (Å²) >= 11 is 0. The maximum atomic E-state index is 12.4. The summed E-state index contributed by atoms with van der Waals surface area (Å²) in [7, 11) is 1.43. The van der Waals surface area contributed by atoms with E-state index in [0.29, 0.717) is 29.5 Å². The molecule has 0 atom stereocenters. The van der Waals surface area contributed by atoms with E-state index in [1.165, 1.54) is 43.4 Å². The number of hydrogen-bond acceptors (Lipinski definition) is 6. The molecule has 4 aromatic carbocycles. The van der Waals surface area contributed by atoms with Gasteiger partial charge in [0.15, 0.2) is 0 Å². The second kappa shape index (κ2) is 13.1. The van der Waals surface area contributed by atoms with E-state index in [1.807, 2.05) is 24.3 Å². The standard InChI is InChI=1S/C34H32N2O8/c1-5-36-31(38)29-19-25(15-17-27(29)33(41)42)44-23-12-8-21(9-13-23)34(2,3)20-6-10-22(11-7-20)43-24-14-16-26(32(39)40)28(18-24)30(37)35-4/h6-19H,5H2,1-4H3,(H,35,37)(H,36,38)(H,39,40)(H,41,42). The number of amides is 2. The molecule has 0 aliphatic rings. The van der Waals surface area contributed by atoms with E-state index in [9.17, 15) is 29.4 Å². The molecule has 4 aromatic rings. The fourth-order valence-corrected chi connectivity index (χ4v) is 4.63. The molecule has 44 heavy (non-hydrogen) atoms. The minimum atomic E-state index is -1.21. The van der Waals surface area contributed by atoms with Crippen molar-refractivity contribution in [1.29, 1.82) is 0 Å². The third-order valence-electron chi connectivity index (χ3n) is 7.12. The van der Waals surface area contributed by atoms with Gasteiger partial charge in [0.25, 0.3) is 11.8 Å². The van der Waals surface area contributed by atoms with Crippen molar-refractivity contribution >= 4 is 23.8 Å². The van der Waals surface area contributed by atoms with E-state index >= 15 is 0 Å². The molecule has 0 heterocycles. The molecule has 0 fully saturated rings. The highest BCUT2D eigenvalue weighted by atomic mass is 16.5. The molecule has 10 nitrogen and oxygen atoms in total. The van der Waals surface area contributed by atoms with Gasteiger partial charge in [0.2, 0.25) is 0 Å².